The molecule has 0 unspecified atom stereocenters. The van der Waals surface area contributed by atoms with Crippen molar-refractivity contribution in [3.63, 3.8) is 0 Å². The van der Waals surface area contributed by atoms with Gasteiger partial charge in [-0.05, 0) is 31.2 Å². The van der Waals surface area contributed by atoms with Gasteiger partial charge in [-0.2, -0.15) is 4.68 Å². The van der Waals surface area contributed by atoms with E-state index in [-0.39, 0.29) is 22.7 Å². The summed E-state index contributed by atoms with van der Waals surface area (Å²) in [5, 5.41) is 21.7. The molecule has 0 amide bonds. The first-order valence-electron chi connectivity index (χ1n) is 7.61. The van der Waals surface area contributed by atoms with Crippen molar-refractivity contribution in [3.05, 3.63) is 63.5 Å². The monoisotopic (exact) mass is 385 g/mol. The fraction of sp³-hybridized carbons (Fsp3) is 0.0588. The molecule has 2 heterocycles. The number of azo groups is 1. The van der Waals surface area contributed by atoms with Crippen LogP contribution in [0.2, 0.25) is 5.02 Å². The van der Waals surface area contributed by atoms with Crippen LogP contribution in [0.25, 0.3) is 15.3 Å². The number of aromatic nitrogens is 3. The van der Waals surface area contributed by atoms with Crippen molar-refractivity contribution in [2.45, 2.75) is 6.92 Å². The fourth-order valence-electron chi connectivity index (χ4n) is 2.43. The van der Waals surface area contributed by atoms with E-state index in [2.05, 4.69) is 20.3 Å². The lowest BCUT2D eigenvalue weighted by Crippen LogP contribution is -2.13. The summed E-state index contributed by atoms with van der Waals surface area (Å²) < 4.78 is 2.33. The molecule has 4 rings (SSSR count). The number of hydrogen-bond donors (Lipinski definition) is 2. The Kier molecular flexibility index (Phi) is 4.06. The number of halogens is 1. The van der Waals surface area contributed by atoms with Gasteiger partial charge in [0, 0.05) is 11.1 Å². The number of para-hydroxylation sites is 1. The summed E-state index contributed by atoms with van der Waals surface area (Å²) in [5.41, 5.74) is 1.38. The molecule has 4 aromatic rings. The first-order chi connectivity index (χ1) is 12.5. The minimum absolute atomic E-state index is 0.110. The Bertz CT molecular complexity index is 1170. The molecule has 0 radical (unpaired) electrons. The second-order valence-electron chi connectivity index (χ2n) is 5.52. The number of aryl methyl sites for hydroxylation is 1. The van der Waals surface area contributed by atoms with Gasteiger partial charge in [0.05, 0.1) is 15.9 Å². The maximum absolute atomic E-state index is 12.7. The molecule has 26 heavy (non-hydrogen) atoms. The van der Waals surface area contributed by atoms with Crippen molar-refractivity contribution < 1.29 is 5.11 Å². The van der Waals surface area contributed by atoms with Gasteiger partial charge in [-0.1, -0.05) is 35.1 Å². The van der Waals surface area contributed by atoms with Gasteiger partial charge in [0.2, 0.25) is 5.13 Å². The minimum Gasteiger partial charge on any atom is -0.506 e. The number of aromatic amines is 1. The maximum Gasteiger partial charge on any atom is 0.301 e. The first-order valence-corrected chi connectivity index (χ1v) is 8.80. The Balaban J connectivity index is 1.75. The number of nitrogens with zero attached hydrogens (tertiary/aromatic N) is 4. The standard InChI is InChI=1S/C17H12ClN5O2S/c1-9-15(21-20-11-7-6-10(18)8-13(11)24)16(25)23(22-9)17-19-12-4-2-3-5-14(12)26-17/h2-8,22,24H,1H3. The lowest BCUT2D eigenvalue weighted by atomic mass is 10.3. The molecule has 0 fully saturated rings. The number of fused-ring (bicyclic) bond motifs is 1. The second kappa shape index (κ2) is 6.40. The van der Waals surface area contributed by atoms with E-state index in [0.717, 1.165) is 10.2 Å². The lowest BCUT2D eigenvalue weighted by molar-refractivity contribution is 0.476. The third kappa shape index (κ3) is 2.89. The van der Waals surface area contributed by atoms with Crippen molar-refractivity contribution >= 4 is 44.5 Å². The number of benzene rings is 2. The Morgan fingerprint density at radius 1 is 1.23 bits per heavy atom. The summed E-state index contributed by atoms with van der Waals surface area (Å²) in [6.07, 6.45) is 0. The van der Waals surface area contributed by atoms with Crippen LogP contribution in [0.1, 0.15) is 5.69 Å². The number of nitrogens with one attached hydrogen (secondary N) is 1. The molecule has 2 aromatic carbocycles. The SMILES string of the molecule is Cc1[nH]n(-c2nc3ccccc3s2)c(=O)c1N=Nc1ccc(Cl)cc1O. The van der Waals surface area contributed by atoms with Gasteiger partial charge >= 0.3 is 5.56 Å². The normalized spacial score (nSPS) is 11.6. The summed E-state index contributed by atoms with van der Waals surface area (Å²) in [7, 11) is 0. The summed E-state index contributed by atoms with van der Waals surface area (Å²) in [4.78, 5) is 17.2. The van der Waals surface area contributed by atoms with Gasteiger partial charge in [-0.3, -0.25) is 9.89 Å². The third-order valence-electron chi connectivity index (χ3n) is 3.71. The van der Waals surface area contributed by atoms with Crippen molar-refractivity contribution in [3.8, 4) is 10.9 Å². The van der Waals surface area contributed by atoms with Gasteiger partial charge in [0.1, 0.15) is 11.4 Å². The zero-order valence-corrected chi connectivity index (χ0v) is 15.0. The molecule has 9 heteroatoms. The smallest absolute Gasteiger partial charge is 0.301 e. The van der Waals surface area contributed by atoms with Crippen LogP contribution in [0.15, 0.2) is 57.5 Å². The summed E-state index contributed by atoms with van der Waals surface area (Å²) in [5.74, 6) is -0.110. The van der Waals surface area contributed by atoms with Crippen LogP contribution in [0.4, 0.5) is 11.4 Å². The molecule has 7 nitrogen and oxygen atoms in total. The molecular weight excluding hydrogens is 374 g/mol. The Hall–Kier alpha value is -2.97. The van der Waals surface area contributed by atoms with Crippen LogP contribution in [0, 0.1) is 6.92 Å². The van der Waals surface area contributed by atoms with Gasteiger partial charge in [0.15, 0.2) is 5.69 Å². The van der Waals surface area contributed by atoms with Crippen LogP contribution < -0.4 is 5.56 Å². The predicted octanol–water partition coefficient (Wildman–Crippen LogP) is 4.86. The first kappa shape index (κ1) is 16.5. The Morgan fingerprint density at radius 3 is 2.81 bits per heavy atom. The van der Waals surface area contributed by atoms with Gasteiger partial charge in [-0.15, -0.1) is 10.2 Å². The molecule has 0 bridgehead atoms. The maximum atomic E-state index is 12.7. The van der Waals surface area contributed by atoms with Crippen LogP contribution in [0.5, 0.6) is 5.75 Å². The highest BCUT2D eigenvalue weighted by atomic mass is 35.5. The van der Waals surface area contributed by atoms with Gasteiger partial charge < -0.3 is 5.11 Å². The molecule has 0 aliphatic rings. The van der Waals surface area contributed by atoms with Crippen molar-refractivity contribution in [1.29, 1.82) is 0 Å². The van der Waals surface area contributed by atoms with E-state index in [0.29, 0.717) is 15.8 Å². The van der Waals surface area contributed by atoms with E-state index in [1.807, 2.05) is 24.3 Å². The number of hydrogen-bond acceptors (Lipinski definition) is 6. The molecular formula is C17H12ClN5O2S. The average molecular weight is 386 g/mol. The number of aromatic hydroxyl groups is 1. The van der Waals surface area contributed by atoms with E-state index in [9.17, 15) is 9.90 Å². The van der Waals surface area contributed by atoms with Crippen LogP contribution in [0.3, 0.4) is 0 Å². The lowest BCUT2D eigenvalue weighted by Gasteiger charge is -1.97. The number of H-pyrrole nitrogens is 1. The molecule has 2 aromatic heterocycles. The van der Waals surface area contributed by atoms with E-state index in [4.69, 9.17) is 11.6 Å². The summed E-state index contributed by atoms with van der Waals surface area (Å²) in [6.45, 7) is 1.72. The number of rotatable bonds is 3. The topological polar surface area (TPSA) is 95.6 Å². The largest absolute Gasteiger partial charge is 0.506 e. The minimum atomic E-state index is -0.362. The molecule has 0 atom stereocenters. The van der Waals surface area contributed by atoms with Crippen molar-refractivity contribution in [2.24, 2.45) is 10.2 Å². The van der Waals surface area contributed by atoms with Crippen molar-refractivity contribution in [2.75, 3.05) is 0 Å². The molecule has 0 aliphatic heterocycles. The van der Waals surface area contributed by atoms with E-state index in [1.165, 1.54) is 28.2 Å². The molecule has 0 saturated heterocycles. The fourth-order valence-corrected chi connectivity index (χ4v) is 3.52. The molecule has 0 aliphatic carbocycles. The highest BCUT2D eigenvalue weighted by molar-refractivity contribution is 7.20. The summed E-state index contributed by atoms with van der Waals surface area (Å²) in [6, 6.07) is 12.1. The van der Waals surface area contributed by atoms with Crippen LogP contribution in [-0.2, 0) is 0 Å². The zero-order chi connectivity index (χ0) is 18.3. The van der Waals surface area contributed by atoms with E-state index < -0.39 is 0 Å². The molecule has 0 spiro atoms. The highest BCUT2D eigenvalue weighted by Gasteiger charge is 2.15. The number of thiazole rings is 1. The van der Waals surface area contributed by atoms with Crippen molar-refractivity contribution in [1.82, 2.24) is 14.8 Å². The quantitative estimate of drug-likeness (QED) is 0.493. The summed E-state index contributed by atoms with van der Waals surface area (Å²) >= 11 is 7.19. The highest BCUT2D eigenvalue weighted by Crippen LogP contribution is 2.31. The third-order valence-corrected chi connectivity index (χ3v) is 4.97. The molecule has 2 N–H and O–H groups in total. The van der Waals surface area contributed by atoms with E-state index in [1.54, 1.807) is 13.0 Å². The van der Waals surface area contributed by atoms with E-state index >= 15 is 0 Å². The second-order valence-corrected chi connectivity index (χ2v) is 6.97. The Labute approximate surface area is 156 Å². The zero-order valence-electron chi connectivity index (χ0n) is 13.5. The predicted molar refractivity (Wildman–Crippen MR) is 102 cm³/mol. The molecule has 130 valence electrons. The van der Waals surface area contributed by atoms with Gasteiger partial charge in [0.25, 0.3) is 0 Å². The number of phenols is 1. The average Bonchev–Trinajstić information content (AvgIpc) is 3.16. The Morgan fingerprint density at radius 2 is 2.04 bits per heavy atom. The molecule has 0 saturated carbocycles. The van der Waals surface area contributed by atoms with Gasteiger partial charge in [-0.25, -0.2) is 4.98 Å². The number of phenolic OH excluding ortho intramolecular Hbond substituents is 1. The van der Waals surface area contributed by atoms with Crippen LogP contribution >= 0.6 is 22.9 Å². The van der Waals surface area contributed by atoms with Crippen LogP contribution in [-0.4, -0.2) is 19.9 Å².